The Morgan fingerprint density at radius 1 is 1.24 bits per heavy atom. The van der Waals surface area contributed by atoms with Crippen LogP contribution in [0.3, 0.4) is 0 Å². The van der Waals surface area contributed by atoms with Crippen LogP contribution in [0.5, 0.6) is 0 Å². The smallest absolute Gasteiger partial charge is 0.223 e. The molecular weight excluding hydrogens is 230 g/mol. The van der Waals surface area contributed by atoms with Crippen molar-refractivity contribution < 1.29 is 0 Å². The highest BCUT2D eigenvalue weighted by Crippen LogP contribution is 2.22. The summed E-state index contributed by atoms with van der Waals surface area (Å²) in [7, 11) is 1.82. The first-order chi connectivity index (χ1) is 8.29. The fourth-order valence-corrected chi connectivity index (χ4v) is 2.40. The van der Waals surface area contributed by atoms with E-state index in [4.69, 9.17) is 0 Å². The molecule has 88 valence electrons. The summed E-state index contributed by atoms with van der Waals surface area (Å²) in [6.45, 7) is 2.13. The second kappa shape index (κ2) is 5.68. The van der Waals surface area contributed by atoms with Crippen molar-refractivity contribution in [2.75, 3.05) is 12.4 Å². The van der Waals surface area contributed by atoms with Gasteiger partial charge in [0.05, 0.1) is 0 Å². The third-order valence-electron chi connectivity index (χ3n) is 2.49. The molecule has 1 heterocycles. The normalized spacial score (nSPS) is 10.2. The van der Waals surface area contributed by atoms with Crippen LogP contribution < -0.4 is 5.32 Å². The average Bonchev–Trinajstić information content (AvgIpc) is 2.38. The number of hydrogen-bond acceptors (Lipinski definition) is 4. The number of anilines is 1. The molecule has 0 aliphatic heterocycles. The number of aromatic nitrogens is 2. The van der Waals surface area contributed by atoms with E-state index in [9.17, 15) is 0 Å². The van der Waals surface area contributed by atoms with Crippen molar-refractivity contribution in [3.05, 3.63) is 47.7 Å². The first kappa shape index (κ1) is 11.9. The highest BCUT2D eigenvalue weighted by molar-refractivity contribution is 7.98. The molecule has 2 aromatic rings. The lowest BCUT2D eigenvalue weighted by Gasteiger charge is -2.05. The van der Waals surface area contributed by atoms with E-state index >= 15 is 0 Å². The third kappa shape index (κ3) is 3.20. The summed E-state index contributed by atoms with van der Waals surface area (Å²) in [6.07, 6.45) is 1.78. The third-order valence-corrected chi connectivity index (χ3v) is 3.47. The molecule has 2 rings (SSSR count). The van der Waals surface area contributed by atoms with Crippen molar-refractivity contribution in [2.24, 2.45) is 0 Å². The molecule has 1 aromatic heterocycles. The minimum absolute atomic E-state index is 0.666. The van der Waals surface area contributed by atoms with Gasteiger partial charge in [-0.15, -0.1) is 11.8 Å². The molecule has 1 aromatic carbocycles. The molecule has 4 heteroatoms. The highest BCUT2D eigenvalue weighted by Gasteiger charge is 2.01. The molecule has 0 aliphatic rings. The van der Waals surface area contributed by atoms with Crippen LogP contribution in [0.15, 0.2) is 41.6 Å². The zero-order valence-electron chi connectivity index (χ0n) is 9.97. The summed E-state index contributed by atoms with van der Waals surface area (Å²) in [5, 5.41) is 3.93. The largest absolute Gasteiger partial charge is 0.357 e. The predicted molar refractivity (Wildman–Crippen MR) is 72.3 cm³/mol. The Kier molecular flexibility index (Phi) is 3.98. The molecule has 0 radical (unpaired) electrons. The standard InChI is InChI=1S/C13H15N3S/c1-10-5-3-4-6-11(10)9-17-12-7-8-15-13(14-2)16-12/h3-8H,9H2,1-2H3,(H,14,15,16). The lowest BCUT2D eigenvalue weighted by Crippen LogP contribution is -1.96. The summed E-state index contributed by atoms with van der Waals surface area (Å²) in [4.78, 5) is 8.47. The van der Waals surface area contributed by atoms with Gasteiger partial charge in [0.25, 0.3) is 0 Å². The van der Waals surface area contributed by atoms with Gasteiger partial charge in [-0.2, -0.15) is 0 Å². The van der Waals surface area contributed by atoms with Crippen molar-refractivity contribution in [3.63, 3.8) is 0 Å². The highest BCUT2D eigenvalue weighted by atomic mass is 32.2. The number of hydrogen-bond donors (Lipinski definition) is 1. The quantitative estimate of drug-likeness (QED) is 0.663. The Morgan fingerprint density at radius 2 is 2.06 bits per heavy atom. The van der Waals surface area contributed by atoms with Crippen LogP contribution in [-0.4, -0.2) is 17.0 Å². The molecule has 0 aliphatic carbocycles. The molecule has 17 heavy (non-hydrogen) atoms. The number of thioether (sulfide) groups is 1. The van der Waals surface area contributed by atoms with Gasteiger partial charge < -0.3 is 5.32 Å². The van der Waals surface area contributed by atoms with E-state index in [0.29, 0.717) is 5.95 Å². The van der Waals surface area contributed by atoms with Gasteiger partial charge >= 0.3 is 0 Å². The Hall–Kier alpha value is -1.55. The minimum Gasteiger partial charge on any atom is -0.357 e. The van der Waals surface area contributed by atoms with Crippen molar-refractivity contribution in [2.45, 2.75) is 17.7 Å². The van der Waals surface area contributed by atoms with E-state index in [1.807, 2.05) is 13.1 Å². The van der Waals surface area contributed by atoms with Crippen LogP contribution in [-0.2, 0) is 5.75 Å². The van der Waals surface area contributed by atoms with E-state index in [2.05, 4.69) is 46.5 Å². The molecule has 0 saturated heterocycles. The van der Waals surface area contributed by atoms with Crippen molar-refractivity contribution in [1.82, 2.24) is 9.97 Å². The topological polar surface area (TPSA) is 37.8 Å². The number of nitrogens with zero attached hydrogens (tertiary/aromatic N) is 2. The molecule has 0 fully saturated rings. The Bertz CT molecular complexity index is 500. The summed E-state index contributed by atoms with van der Waals surface area (Å²) < 4.78 is 0. The molecular formula is C13H15N3S. The second-order valence-electron chi connectivity index (χ2n) is 3.68. The van der Waals surface area contributed by atoms with Crippen LogP contribution in [0, 0.1) is 6.92 Å². The number of nitrogens with one attached hydrogen (secondary N) is 1. The molecule has 3 nitrogen and oxygen atoms in total. The predicted octanol–water partition coefficient (Wildman–Crippen LogP) is 3.12. The van der Waals surface area contributed by atoms with Crippen LogP contribution in [0.1, 0.15) is 11.1 Å². The number of aryl methyl sites for hydroxylation is 1. The SMILES string of the molecule is CNc1nccc(SCc2ccccc2C)n1. The maximum Gasteiger partial charge on any atom is 0.223 e. The van der Waals surface area contributed by atoms with E-state index < -0.39 is 0 Å². The molecule has 0 amide bonds. The van der Waals surface area contributed by atoms with Gasteiger partial charge in [-0.3, -0.25) is 0 Å². The zero-order valence-corrected chi connectivity index (χ0v) is 10.8. The monoisotopic (exact) mass is 245 g/mol. The van der Waals surface area contributed by atoms with Gasteiger partial charge in [-0.05, 0) is 24.1 Å². The average molecular weight is 245 g/mol. The molecule has 1 N–H and O–H groups in total. The van der Waals surface area contributed by atoms with Gasteiger partial charge in [-0.25, -0.2) is 9.97 Å². The lowest BCUT2D eigenvalue weighted by molar-refractivity contribution is 1.04. The molecule has 0 atom stereocenters. The van der Waals surface area contributed by atoms with Crippen LogP contribution in [0.2, 0.25) is 0 Å². The summed E-state index contributed by atoms with van der Waals surface area (Å²) >= 11 is 1.73. The van der Waals surface area contributed by atoms with Crippen LogP contribution in [0.4, 0.5) is 5.95 Å². The fraction of sp³-hybridized carbons (Fsp3) is 0.231. The first-order valence-electron chi connectivity index (χ1n) is 5.47. The summed E-state index contributed by atoms with van der Waals surface area (Å²) in [6, 6.07) is 10.4. The van der Waals surface area contributed by atoms with E-state index in [-0.39, 0.29) is 0 Å². The molecule has 0 unspecified atom stereocenters. The van der Waals surface area contributed by atoms with E-state index in [0.717, 1.165) is 10.8 Å². The van der Waals surface area contributed by atoms with Crippen LogP contribution in [0.25, 0.3) is 0 Å². The molecule has 0 bridgehead atoms. The summed E-state index contributed by atoms with van der Waals surface area (Å²) in [5.41, 5.74) is 2.67. The Morgan fingerprint density at radius 3 is 2.82 bits per heavy atom. The minimum atomic E-state index is 0.666. The zero-order chi connectivity index (χ0) is 12.1. The van der Waals surface area contributed by atoms with Crippen LogP contribution >= 0.6 is 11.8 Å². The number of benzene rings is 1. The van der Waals surface area contributed by atoms with Gasteiger partial charge in [0.2, 0.25) is 5.95 Å². The van der Waals surface area contributed by atoms with Crippen molar-refractivity contribution in [3.8, 4) is 0 Å². The van der Waals surface area contributed by atoms with Gasteiger partial charge in [-0.1, -0.05) is 24.3 Å². The second-order valence-corrected chi connectivity index (χ2v) is 4.68. The van der Waals surface area contributed by atoms with Gasteiger partial charge in [0.15, 0.2) is 0 Å². The van der Waals surface area contributed by atoms with E-state index in [1.54, 1.807) is 18.0 Å². The van der Waals surface area contributed by atoms with E-state index in [1.165, 1.54) is 11.1 Å². The Balaban J connectivity index is 2.05. The van der Waals surface area contributed by atoms with Crippen molar-refractivity contribution >= 4 is 17.7 Å². The molecule has 0 spiro atoms. The number of rotatable bonds is 4. The fourth-order valence-electron chi connectivity index (χ4n) is 1.47. The van der Waals surface area contributed by atoms with Gasteiger partial charge in [0.1, 0.15) is 5.03 Å². The first-order valence-corrected chi connectivity index (χ1v) is 6.46. The lowest BCUT2D eigenvalue weighted by atomic mass is 10.1. The van der Waals surface area contributed by atoms with Gasteiger partial charge in [0, 0.05) is 19.0 Å². The molecule has 0 saturated carbocycles. The summed E-state index contributed by atoms with van der Waals surface area (Å²) in [5.74, 6) is 1.60. The maximum atomic E-state index is 4.38. The maximum absolute atomic E-state index is 4.38. The van der Waals surface area contributed by atoms with Crippen molar-refractivity contribution in [1.29, 1.82) is 0 Å². The Labute approximate surface area is 106 Å².